The zero-order chi connectivity index (χ0) is 24.5. The lowest BCUT2D eigenvalue weighted by Gasteiger charge is -2.17. The largest absolute Gasteiger partial charge is 0.283 e. The Balaban J connectivity index is 1.47. The third-order valence-electron chi connectivity index (χ3n) is 5.32. The summed E-state index contributed by atoms with van der Waals surface area (Å²) in [6.07, 6.45) is 1.65. The van der Waals surface area contributed by atoms with E-state index in [0.717, 1.165) is 21.4 Å². The number of thiocarbonyl (C=S) groups is 1. The summed E-state index contributed by atoms with van der Waals surface area (Å²) in [7, 11) is 0. The van der Waals surface area contributed by atoms with Gasteiger partial charge in [-0.1, -0.05) is 89.8 Å². The fraction of sp³-hybridized carbons (Fsp3) is 0. The smallest absolute Gasteiger partial charge is 0.268 e. The van der Waals surface area contributed by atoms with Crippen LogP contribution in [0.4, 0.5) is 11.4 Å². The van der Waals surface area contributed by atoms with Crippen molar-refractivity contribution in [3.8, 4) is 0 Å². The molecular formula is C26H15ClN2O3S3. The molecule has 0 aliphatic carbocycles. The van der Waals surface area contributed by atoms with Gasteiger partial charge in [-0.3, -0.25) is 19.8 Å². The number of amides is 1. The van der Waals surface area contributed by atoms with E-state index in [1.54, 1.807) is 30.3 Å². The first-order valence-electron chi connectivity index (χ1n) is 10.4. The maximum absolute atomic E-state index is 13.3. The lowest BCUT2D eigenvalue weighted by molar-refractivity contribution is -0.387. The van der Waals surface area contributed by atoms with Crippen molar-refractivity contribution < 1.29 is 9.72 Å². The molecule has 0 atom stereocenters. The van der Waals surface area contributed by atoms with Crippen molar-refractivity contribution in [1.29, 1.82) is 0 Å². The number of nitro benzene ring substituents is 1. The van der Waals surface area contributed by atoms with E-state index in [9.17, 15) is 14.9 Å². The van der Waals surface area contributed by atoms with Gasteiger partial charge in [-0.2, -0.15) is 0 Å². The number of halogens is 1. The average molecular weight is 535 g/mol. The fourth-order valence-electron chi connectivity index (χ4n) is 3.71. The molecule has 1 fully saturated rings. The van der Waals surface area contributed by atoms with Gasteiger partial charge in [0.05, 0.1) is 20.4 Å². The second kappa shape index (κ2) is 9.83. The monoisotopic (exact) mass is 534 g/mol. The third kappa shape index (κ3) is 4.83. The van der Waals surface area contributed by atoms with E-state index in [1.165, 1.54) is 34.5 Å². The molecule has 1 aliphatic heterocycles. The number of hydrogen-bond donors (Lipinski definition) is 0. The summed E-state index contributed by atoms with van der Waals surface area (Å²) in [5.74, 6) is -0.251. The second-order valence-electron chi connectivity index (χ2n) is 7.56. The molecule has 0 bridgehead atoms. The van der Waals surface area contributed by atoms with Crippen molar-refractivity contribution in [3.63, 3.8) is 0 Å². The van der Waals surface area contributed by atoms with Crippen LogP contribution in [-0.2, 0) is 4.79 Å². The lowest BCUT2D eigenvalue weighted by atomic mass is 10.1. The van der Waals surface area contributed by atoms with E-state index in [1.807, 2.05) is 54.6 Å². The van der Waals surface area contributed by atoms with Gasteiger partial charge in [-0.15, -0.1) is 0 Å². The number of carbonyl (C=O) groups is 1. The standard InChI is InChI=1S/C26H15ClN2O3S3/c27-18-9-11-19(12-10-18)34-23-13-8-16(14-22(23)29(31)32)15-24-25(30)28(26(33)35-24)21-7-3-5-17-4-1-2-6-20(17)21/h1-15H. The van der Waals surface area contributed by atoms with Gasteiger partial charge in [-0.25, -0.2) is 0 Å². The van der Waals surface area contributed by atoms with Crippen molar-refractivity contribution in [3.05, 3.63) is 111 Å². The predicted octanol–water partition coefficient (Wildman–Crippen LogP) is 7.96. The molecule has 35 heavy (non-hydrogen) atoms. The molecule has 5 nitrogen and oxygen atoms in total. The topological polar surface area (TPSA) is 63.4 Å². The number of nitrogens with zero attached hydrogens (tertiary/aromatic N) is 2. The summed E-state index contributed by atoms with van der Waals surface area (Å²) < 4.78 is 0.419. The summed E-state index contributed by atoms with van der Waals surface area (Å²) >= 11 is 13.9. The van der Waals surface area contributed by atoms with E-state index in [2.05, 4.69) is 0 Å². The third-order valence-corrected chi connectivity index (χ3v) is 7.95. The summed E-state index contributed by atoms with van der Waals surface area (Å²) in [5.41, 5.74) is 1.23. The molecule has 9 heteroatoms. The molecule has 4 aromatic rings. The minimum absolute atomic E-state index is 0.0387. The Morgan fingerprint density at radius 3 is 2.51 bits per heavy atom. The van der Waals surface area contributed by atoms with Crippen molar-refractivity contribution in [2.75, 3.05) is 4.90 Å². The molecule has 4 aromatic carbocycles. The first kappa shape index (κ1) is 23.6. The van der Waals surface area contributed by atoms with Crippen LogP contribution in [-0.4, -0.2) is 15.2 Å². The summed E-state index contributed by atoms with van der Waals surface area (Å²) in [6, 6.07) is 25.5. The Labute approximate surface area is 219 Å². The molecule has 1 saturated heterocycles. The molecule has 172 valence electrons. The first-order valence-corrected chi connectivity index (χ1v) is 12.8. The van der Waals surface area contributed by atoms with Gasteiger partial charge in [0, 0.05) is 21.4 Å². The number of fused-ring (bicyclic) bond motifs is 1. The lowest BCUT2D eigenvalue weighted by Crippen LogP contribution is -2.27. The molecule has 0 unspecified atom stereocenters. The number of hydrogen-bond acceptors (Lipinski definition) is 6. The summed E-state index contributed by atoms with van der Waals surface area (Å²) in [4.78, 5) is 27.9. The Morgan fingerprint density at radius 2 is 1.74 bits per heavy atom. The number of thioether (sulfide) groups is 1. The normalized spacial score (nSPS) is 14.8. The zero-order valence-electron chi connectivity index (χ0n) is 17.9. The molecule has 0 radical (unpaired) electrons. The Bertz CT molecular complexity index is 1530. The highest BCUT2D eigenvalue weighted by atomic mass is 35.5. The van der Waals surface area contributed by atoms with Crippen molar-refractivity contribution in [2.45, 2.75) is 9.79 Å². The molecule has 0 spiro atoms. The van der Waals surface area contributed by atoms with Crippen LogP contribution < -0.4 is 4.90 Å². The highest BCUT2D eigenvalue weighted by molar-refractivity contribution is 8.27. The summed E-state index contributed by atoms with van der Waals surface area (Å²) in [6.45, 7) is 0. The van der Waals surface area contributed by atoms with Crippen LogP contribution in [0.2, 0.25) is 5.02 Å². The van der Waals surface area contributed by atoms with Gasteiger partial charge in [-0.05, 0) is 53.4 Å². The van der Waals surface area contributed by atoms with Crippen LogP contribution >= 0.6 is 47.3 Å². The molecule has 5 rings (SSSR count). The fourth-order valence-corrected chi connectivity index (χ4v) is 6.02. The predicted molar refractivity (Wildman–Crippen MR) is 148 cm³/mol. The van der Waals surface area contributed by atoms with E-state index >= 15 is 0 Å². The number of carbonyl (C=O) groups excluding carboxylic acids is 1. The molecule has 1 heterocycles. The molecule has 0 saturated carbocycles. The van der Waals surface area contributed by atoms with Gasteiger partial charge in [0.1, 0.15) is 0 Å². The van der Waals surface area contributed by atoms with E-state index in [4.69, 9.17) is 23.8 Å². The molecule has 1 aliphatic rings. The van der Waals surface area contributed by atoms with Crippen LogP contribution in [0.15, 0.2) is 99.6 Å². The maximum atomic E-state index is 13.3. The molecule has 0 aromatic heterocycles. The van der Waals surface area contributed by atoms with E-state index in [-0.39, 0.29) is 11.6 Å². The van der Waals surface area contributed by atoms with Crippen molar-refractivity contribution in [1.82, 2.24) is 0 Å². The van der Waals surface area contributed by atoms with Crippen molar-refractivity contribution >= 4 is 85.8 Å². The Kier molecular flexibility index (Phi) is 6.62. The van der Waals surface area contributed by atoms with Crippen LogP contribution in [0.5, 0.6) is 0 Å². The molecule has 1 amide bonds. The molecular weight excluding hydrogens is 520 g/mol. The number of rotatable bonds is 5. The number of anilines is 1. The Morgan fingerprint density at radius 1 is 1.00 bits per heavy atom. The Hall–Kier alpha value is -3.17. The van der Waals surface area contributed by atoms with Gasteiger partial charge in [0.25, 0.3) is 11.6 Å². The quantitative estimate of drug-likeness (QED) is 0.112. The zero-order valence-corrected chi connectivity index (χ0v) is 21.1. The van der Waals surface area contributed by atoms with Gasteiger partial charge in [0.15, 0.2) is 4.32 Å². The average Bonchev–Trinajstić information content (AvgIpc) is 3.13. The second-order valence-corrected chi connectivity index (χ2v) is 10.8. The van der Waals surface area contributed by atoms with Gasteiger partial charge in [0.2, 0.25) is 0 Å². The highest BCUT2D eigenvalue weighted by Crippen LogP contribution is 2.40. The van der Waals surface area contributed by atoms with E-state index < -0.39 is 4.92 Å². The maximum Gasteiger partial charge on any atom is 0.283 e. The number of benzene rings is 4. The first-order chi connectivity index (χ1) is 16.9. The summed E-state index contributed by atoms with van der Waals surface area (Å²) in [5, 5.41) is 14.3. The van der Waals surface area contributed by atoms with Gasteiger partial charge < -0.3 is 0 Å². The SMILES string of the molecule is O=C1C(=Cc2ccc(Sc3ccc(Cl)cc3)c([N+](=O)[O-])c2)SC(=S)N1c1cccc2ccccc12. The minimum atomic E-state index is -0.420. The van der Waals surface area contributed by atoms with Crippen LogP contribution in [0.25, 0.3) is 16.8 Å². The van der Waals surface area contributed by atoms with Crippen LogP contribution in [0.1, 0.15) is 5.56 Å². The van der Waals surface area contributed by atoms with Crippen LogP contribution in [0, 0.1) is 10.1 Å². The van der Waals surface area contributed by atoms with Gasteiger partial charge >= 0.3 is 0 Å². The van der Waals surface area contributed by atoms with Crippen LogP contribution in [0.3, 0.4) is 0 Å². The minimum Gasteiger partial charge on any atom is -0.268 e. The highest BCUT2D eigenvalue weighted by Gasteiger charge is 2.34. The molecule has 0 N–H and O–H groups in total. The van der Waals surface area contributed by atoms with Crippen molar-refractivity contribution in [2.24, 2.45) is 0 Å². The number of nitro groups is 1. The van der Waals surface area contributed by atoms with E-state index in [0.29, 0.717) is 24.7 Å².